The number of hydrogen-bond donors (Lipinski definition) is 2. The first-order valence-corrected chi connectivity index (χ1v) is 5.70. The van der Waals surface area contributed by atoms with Gasteiger partial charge in [0, 0.05) is 18.8 Å². The number of H-pyrrole nitrogens is 1. The van der Waals surface area contributed by atoms with Crippen molar-refractivity contribution in [2.45, 2.75) is 13.5 Å². The Kier molecular flexibility index (Phi) is 3.57. The van der Waals surface area contributed by atoms with Crippen molar-refractivity contribution in [3.63, 3.8) is 0 Å². The van der Waals surface area contributed by atoms with Crippen molar-refractivity contribution in [3.8, 4) is 0 Å². The molecule has 18 heavy (non-hydrogen) atoms. The molecule has 0 atom stereocenters. The SMILES string of the molecule is CCN(Cc1cccc(N)c1)C(=O)c1cn[nH]n1. The van der Waals surface area contributed by atoms with Gasteiger partial charge in [-0.1, -0.05) is 12.1 Å². The summed E-state index contributed by atoms with van der Waals surface area (Å²) in [6.07, 6.45) is 1.42. The first-order chi connectivity index (χ1) is 8.70. The lowest BCUT2D eigenvalue weighted by atomic mass is 10.2. The topological polar surface area (TPSA) is 87.9 Å². The second-order valence-corrected chi connectivity index (χ2v) is 3.92. The molecule has 0 bridgehead atoms. The molecule has 1 aromatic heterocycles. The van der Waals surface area contributed by atoms with Crippen molar-refractivity contribution >= 4 is 11.6 Å². The van der Waals surface area contributed by atoms with Crippen molar-refractivity contribution in [2.75, 3.05) is 12.3 Å². The molecule has 3 N–H and O–H groups in total. The Hall–Kier alpha value is -2.37. The van der Waals surface area contributed by atoms with Gasteiger partial charge >= 0.3 is 0 Å². The molecule has 0 aliphatic heterocycles. The molecule has 94 valence electrons. The molecule has 1 aromatic carbocycles. The normalized spacial score (nSPS) is 10.3. The van der Waals surface area contributed by atoms with E-state index in [-0.39, 0.29) is 5.91 Å². The molecular formula is C12H15N5O. The van der Waals surface area contributed by atoms with Gasteiger partial charge in [-0.2, -0.15) is 15.4 Å². The molecule has 1 amide bonds. The van der Waals surface area contributed by atoms with E-state index in [0.29, 0.717) is 24.5 Å². The maximum atomic E-state index is 12.1. The predicted molar refractivity (Wildman–Crippen MR) is 67.7 cm³/mol. The number of carbonyl (C=O) groups is 1. The van der Waals surface area contributed by atoms with Gasteiger partial charge in [-0.15, -0.1) is 0 Å². The molecule has 0 fully saturated rings. The zero-order chi connectivity index (χ0) is 13.0. The van der Waals surface area contributed by atoms with E-state index in [9.17, 15) is 4.79 Å². The number of benzene rings is 1. The maximum absolute atomic E-state index is 12.1. The number of amides is 1. The quantitative estimate of drug-likeness (QED) is 0.788. The summed E-state index contributed by atoms with van der Waals surface area (Å²) in [5.74, 6) is -0.145. The third-order valence-corrected chi connectivity index (χ3v) is 2.63. The van der Waals surface area contributed by atoms with Gasteiger partial charge in [-0.05, 0) is 24.6 Å². The zero-order valence-corrected chi connectivity index (χ0v) is 10.1. The largest absolute Gasteiger partial charge is 0.399 e. The first kappa shape index (κ1) is 12.1. The van der Waals surface area contributed by atoms with Crippen molar-refractivity contribution in [1.29, 1.82) is 0 Å². The second-order valence-electron chi connectivity index (χ2n) is 3.92. The number of nitrogens with zero attached hydrogens (tertiary/aromatic N) is 3. The number of carbonyl (C=O) groups excluding carboxylic acids is 1. The van der Waals surface area contributed by atoms with Crippen LogP contribution < -0.4 is 5.73 Å². The molecule has 6 nitrogen and oxygen atoms in total. The zero-order valence-electron chi connectivity index (χ0n) is 10.1. The van der Waals surface area contributed by atoms with Gasteiger partial charge in [0.25, 0.3) is 5.91 Å². The summed E-state index contributed by atoms with van der Waals surface area (Å²) in [4.78, 5) is 13.8. The third-order valence-electron chi connectivity index (χ3n) is 2.63. The van der Waals surface area contributed by atoms with Gasteiger partial charge < -0.3 is 10.6 Å². The summed E-state index contributed by atoms with van der Waals surface area (Å²) in [6.45, 7) is 3.03. The minimum absolute atomic E-state index is 0.145. The van der Waals surface area contributed by atoms with E-state index in [2.05, 4.69) is 15.4 Å². The van der Waals surface area contributed by atoms with Crippen molar-refractivity contribution < 1.29 is 4.79 Å². The van der Waals surface area contributed by atoms with Crippen LogP contribution in [0, 0.1) is 0 Å². The Morgan fingerprint density at radius 2 is 2.33 bits per heavy atom. The predicted octanol–water partition coefficient (Wildman–Crippen LogP) is 1.05. The Balaban J connectivity index is 2.12. The van der Waals surface area contributed by atoms with E-state index in [0.717, 1.165) is 5.56 Å². The number of nitrogen functional groups attached to an aromatic ring is 1. The Morgan fingerprint density at radius 1 is 1.50 bits per heavy atom. The fraction of sp³-hybridized carbons (Fsp3) is 0.250. The second kappa shape index (κ2) is 5.31. The summed E-state index contributed by atoms with van der Waals surface area (Å²) >= 11 is 0. The summed E-state index contributed by atoms with van der Waals surface area (Å²) in [5.41, 5.74) is 7.72. The van der Waals surface area contributed by atoms with Crippen LogP contribution in [0.1, 0.15) is 23.0 Å². The molecule has 0 aliphatic rings. The van der Waals surface area contributed by atoms with Gasteiger partial charge in [-0.25, -0.2) is 0 Å². The van der Waals surface area contributed by atoms with Crippen LogP contribution in [0.3, 0.4) is 0 Å². The van der Waals surface area contributed by atoms with Crippen LogP contribution in [-0.2, 0) is 6.54 Å². The molecule has 2 rings (SSSR count). The van der Waals surface area contributed by atoms with Gasteiger partial charge in [0.05, 0.1) is 6.20 Å². The average Bonchev–Trinajstić information content (AvgIpc) is 2.89. The van der Waals surface area contributed by atoms with Crippen LogP contribution in [0.2, 0.25) is 0 Å². The van der Waals surface area contributed by atoms with Crippen LogP contribution >= 0.6 is 0 Å². The van der Waals surface area contributed by atoms with E-state index in [1.54, 1.807) is 4.90 Å². The number of hydrogen-bond acceptors (Lipinski definition) is 4. The lowest BCUT2D eigenvalue weighted by molar-refractivity contribution is 0.0746. The highest BCUT2D eigenvalue weighted by Gasteiger charge is 2.16. The monoisotopic (exact) mass is 245 g/mol. The van der Waals surface area contributed by atoms with Gasteiger partial charge in [-0.3, -0.25) is 4.79 Å². The molecular weight excluding hydrogens is 230 g/mol. The highest BCUT2D eigenvalue weighted by Crippen LogP contribution is 2.11. The molecule has 2 aromatic rings. The lowest BCUT2D eigenvalue weighted by Gasteiger charge is -2.19. The first-order valence-electron chi connectivity index (χ1n) is 5.70. The number of nitrogens with two attached hydrogens (primary N) is 1. The van der Waals surface area contributed by atoms with Gasteiger partial charge in [0.2, 0.25) is 0 Å². The summed E-state index contributed by atoms with van der Waals surface area (Å²) in [6, 6.07) is 7.49. The maximum Gasteiger partial charge on any atom is 0.276 e. The van der Waals surface area contributed by atoms with Crippen molar-refractivity contribution in [1.82, 2.24) is 20.3 Å². The third kappa shape index (κ3) is 2.65. The molecule has 0 saturated heterocycles. The molecule has 1 heterocycles. The van der Waals surface area contributed by atoms with Crippen molar-refractivity contribution in [3.05, 3.63) is 41.7 Å². The van der Waals surface area contributed by atoms with Gasteiger partial charge in [0.1, 0.15) is 0 Å². The smallest absolute Gasteiger partial charge is 0.276 e. The molecule has 0 radical (unpaired) electrons. The standard InChI is InChI=1S/C12H15N5O/c1-2-17(12(18)11-7-14-16-15-11)8-9-4-3-5-10(13)6-9/h3-7H,2,8,13H2,1H3,(H,14,15,16). The van der Waals surface area contributed by atoms with Crippen LogP contribution in [0.15, 0.2) is 30.5 Å². The Bertz CT molecular complexity index is 523. The minimum atomic E-state index is -0.145. The molecule has 6 heteroatoms. The fourth-order valence-electron chi connectivity index (χ4n) is 1.71. The number of nitrogens with one attached hydrogen (secondary N) is 1. The van der Waals surface area contributed by atoms with E-state index in [4.69, 9.17) is 5.73 Å². The molecule has 0 spiro atoms. The van der Waals surface area contributed by atoms with Crippen LogP contribution in [-0.4, -0.2) is 32.8 Å². The molecule has 0 aliphatic carbocycles. The van der Waals surface area contributed by atoms with Crippen LogP contribution in [0.5, 0.6) is 0 Å². The average molecular weight is 245 g/mol. The van der Waals surface area contributed by atoms with E-state index in [1.165, 1.54) is 6.20 Å². The number of rotatable bonds is 4. The lowest BCUT2D eigenvalue weighted by Crippen LogP contribution is -2.30. The van der Waals surface area contributed by atoms with E-state index < -0.39 is 0 Å². The number of anilines is 1. The molecule has 0 saturated carbocycles. The number of aromatic amines is 1. The summed E-state index contributed by atoms with van der Waals surface area (Å²) in [5, 5.41) is 9.86. The minimum Gasteiger partial charge on any atom is -0.399 e. The Labute approximate surface area is 105 Å². The highest BCUT2D eigenvalue weighted by atomic mass is 16.2. The fourth-order valence-corrected chi connectivity index (χ4v) is 1.71. The van der Waals surface area contributed by atoms with Crippen molar-refractivity contribution in [2.24, 2.45) is 0 Å². The van der Waals surface area contributed by atoms with Crippen LogP contribution in [0.4, 0.5) is 5.69 Å². The van der Waals surface area contributed by atoms with E-state index in [1.807, 2.05) is 31.2 Å². The van der Waals surface area contributed by atoms with E-state index >= 15 is 0 Å². The Morgan fingerprint density at radius 3 is 2.94 bits per heavy atom. The highest BCUT2D eigenvalue weighted by molar-refractivity contribution is 5.91. The summed E-state index contributed by atoms with van der Waals surface area (Å²) < 4.78 is 0. The number of aromatic nitrogens is 3. The molecule has 0 unspecified atom stereocenters. The summed E-state index contributed by atoms with van der Waals surface area (Å²) in [7, 11) is 0. The van der Waals surface area contributed by atoms with Crippen LogP contribution in [0.25, 0.3) is 0 Å². The van der Waals surface area contributed by atoms with Gasteiger partial charge in [0.15, 0.2) is 5.69 Å².